The second-order valence-electron chi connectivity index (χ2n) is 4.06. The third-order valence-corrected chi connectivity index (χ3v) is 4.65. The Morgan fingerprint density at radius 2 is 2.35 bits per heavy atom. The summed E-state index contributed by atoms with van der Waals surface area (Å²) in [5.41, 5.74) is 2.43. The first-order valence-electron chi connectivity index (χ1n) is 5.79. The number of rotatable bonds is 5. The van der Waals surface area contributed by atoms with Crippen molar-refractivity contribution in [1.29, 1.82) is 0 Å². The Morgan fingerprint density at radius 3 is 3.00 bits per heavy atom. The molecule has 0 spiro atoms. The molecule has 20 heavy (non-hydrogen) atoms. The highest BCUT2D eigenvalue weighted by atomic mass is 32.2. The molecule has 0 amide bonds. The van der Waals surface area contributed by atoms with Crippen molar-refractivity contribution in [1.82, 2.24) is 4.98 Å². The van der Waals surface area contributed by atoms with Crippen LogP contribution in [-0.4, -0.2) is 16.1 Å². The minimum atomic E-state index is -1.05. The molecule has 1 aromatic carbocycles. The van der Waals surface area contributed by atoms with Crippen molar-refractivity contribution in [3.8, 4) is 0 Å². The molecular weight excluding hydrogens is 297 g/mol. The molecule has 3 nitrogen and oxygen atoms in total. The zero-order chi connectivity index (χ0) is 14.5. The van der Waals surface area contributed by atoms with E-state index in [0.29, 0.717) is 11.3 Å². The van der Waals surface area contributed by atoms with Gasteiger partial charge in [0.05, 0.1) is 0 Å². The molecule has 0 saturated heterocycles. The summed E-state index contributed by atoms with van der Waals surface area (Å²) in [6, 6.07) is 4.38. The van der Waals surface area contributed by atoms with Gasteiger partial charge >= 0.3 is 5.97 Å². The number of aliphatic carboxylic acids is 1. The highest BCUT2D eigenvalue weighted by Crippen LogP contribution is 2.28. The highest BCUT2D eigenvalue weighted by molar-refractivity contribution is 8.00. The highest BCUT2D eigenvalue weighted by Gasteiger charge is 2.05. The fourth-order valence-corrected chi connectivity index (χ4v) is 3.42. The van der Waals surface area contributed by atoms with Gasteiger partial charge in [-0.15, -0.1) is 11.3 Å². The third kappa shape index (κ3) is 4.18. The van der Waals surface area contributed by atoms with Crippen molar-refractivity contribution in [3.05, 3.63) is 52.3 Å². The summed E-state index contributed by atoms with van der Waals surface area (Å²) in [5, 5.41) is 10.6. The summed E-state index contributed by atoms with van der Waals surface area (Å²) in [6.45, 7) is 1.93. The zero-order valence-electron chi connectivity index (χ0n) is 10.7. The number of carboxylic acid groups (broad SMARTS) is 1. The number of nitrogens with zero attached hydrogens (tertiary/aromatic N) is 1. The molecule has 0 fully saturated rings. The lowest BCUT2D eigenvalue weighted by molar-refractivity contribution is -0.131. The maximum atomic E-state index is 13.2. The number of benzene rings is 1. The molecule has 1 aromatic heterocycles. The van der Waals surface area contributed by atoms with Gasteiger partial charge in [0.25, 0.3) is 0 Å². The Balaban J connectivity index is 2.15. The molecule has 0 unspecified atom stereocenters. The number of hydrogen-bond acceptors (Lipinski definition) is 4. The fraction of sp³-hybridized carbons (Fsp3) is 0.143. The fourth-order valence-electron chi connectivity index (χ4n) is 1.55. The minimum absolute atomic E-state index is 0.381. The van der Waals surface area contributed by atoms with Crippen LogP contribution in [0.3, 0.4) is 0 Å². The van der Waals surface area contributed by atoms with E-state index >= 15 is 0 Å². The SMILES string of the molecule is Cc1csc(SCc2ccc(F)cc2C=CC(=O)O)n1. The van der Waals surface area contributed by atoms with Crippen LogP contribution in [0.1, 0.15) is 16.8 Å². The zero-order valence-corrected chi connectivity index (χ0v) is 12.3. The van der Waals surface area contributed by atoms with Crippen LogP contribution in [0.5, 0.6) is 0 Å². The van der Waals surface area contributed by atoms with E-state index in [1.807, 2.05) is 12.3 Å². The van der Waals surface area contributed by atoms with E-state index in [-0.39, 0.29) is 5.82 Å². The van der Waals surface area contributed by atoms with Crippen LogP contribution in [0.15, 0.2) is 34.0 Å². The third-order valence-electron chi connectivity index (χ3n) is 2.46. The van der Waals surface area contributed by atoms with E-state index < -0.39 is 5.97 Å². The Morgan fingerprint density at radius 1 is 1.55 bits per heavy atom. The van der Waals surface area contributed by atoms with Gasteiger partial charge in [-0.2, -0.15) is 0 Å². The standard InChI is InChI=1S/C14H12FNO2S2/c1-9-7-19-14(16-9)20-8-11-2-4-12(15)6-10(11)3-5-13(17)18/h2-7H,8H2,1H3,(H,17,18). The number of carbonyl (C=O) groups is 1. The van der Waals surface area contributed by atoms with Crippen LogP contribution in [-0.2, 0) is 10.5 Å². The molecule has 0 aliphatic carbocycles. The van der Waals surface area contributed by atoms with Crippen molar-refractivity contribution in [2.45, 2.75) is 17.0 Å². The Kier molecular flexibility index (Phi) is 4.92. The number of hydrogen-bond donors (Lipinski definition) is 1. The number of thiazole rings is 1. The van der Waals surface area contributed by atoms with Crippen LogP contribution < -0.4 is 0 Å². The molecular formula is C14H12FNO2S2. The van der Waals surface area contributed by atoms with Crippen molar-refractivity contribution < 1.29 is 14.3 Å². The quantitative estimate of drug-likeness (QED) is 0.670. The second-order valence-corrected chi connectivity index (χ2v) is 6.14. The van der Waals surface area contributed by atoms with Crippen LogP contribution in [0.25, 0.3) is 6.08 Å². The molecule has 0 bridgehead atoms. The number of aryl methyl sites for hydroxylation is 1. The minimum Gasteiger partial charge on any atom is -0.478 e. The molecule has 1 N–H and O–H groups in total. The summed E-state index contributed by atoms with van der Waals surface area (Å²) >= 11 is 3.11. The predicted molar refractivity (Wildman–Crippen MR) is 79.5 cm³/mol. The second kappa shape index (κ2) is 6.67. The lowest BCUT2D eigenvalue weighted by atomic mass is 10.1. The van der Waals surface area contributed by atoms with Gasteiger partial charge in [-0.25, -0.2) is 14.2 Å². The molecule has 6 heteroatoms. The number of carboxylic acids is 1. The molecule has 2 aromatic rings. The molecule has 1 heterocycles. The maximum Gasteiger partial charge on any atom is 0.328 e. The summed E-state index contributed by atoms with van der Waals surface area (Å²) in [7, 11) is 0. The van der Waals surface area contributed by atoms with E-state index in [0.717, 1.165) is 21.7 Å². The first kappa shape index (κ1) is 14.7. The lowest BCUT2D eigenvalue weighted by Gasteiger charge is -2.05. The molecule has 0 atom stereocenters. The molecule has 2 rings (SSSR count). The van der Waals surface area contributed by atoms with Gasteiger partial charge in [-0.05, 0) is 36.3 Å². The van der Waals surface area contributed by atoms with Gasteiger partial charge in [0.15, 0.2) is 0 Å². The van der Waals surface area contributed by atoms with Crippen LogP contribution in [0.4, 0.5) is 4.39 Å². The van der Waals surface area contributed by atoms with E-state index in [1.165, 1.54) is 18.2 Å². The lowest BCUT2D eigenvalue weighted by Crippen LogP contribution is -1.91. The smallest absolute Gasteiger partial charge is 0.328 e. The predicted octanol–water partition coefficient (Wildman–Crippen LogP) is 3.98. The normalized spacial score (nSPS) is 11.1. The molecule has 0 radical (unpaired) electrons. The van der Waals surface area contributed by atoms with E-state index in [4.69, 9.17) is 5.11 Å². The molecule has 0 aliphatic rings. The summed E-state index contributed by atoms with van der Waals surface area (Å²) in [6.07, 6.45) is 2.42. The van der Waals surface area contributed by atoms with Crippen molar-refractivity contribution in [3.63, 3.8) is 0 Å². The first-order chi connectivity index (χ1) is 9.54. The van der Waals surface area contributed by atoms with E-state index in [9.17, 15) is 9.18 Å². The van der Waals surface area contributed by atoms with Crippen LogP contribution >= 0.6 is 23.1 Å². The number of aromatic nitrogens is 1. The van der Waals surface area contributed by atoms with Gasteiger partial charge in [-0.3, -0.25) is 0 Å². The number of halogens is 1. The van der Waals surface area contributed by atoms with Crippen LogP contribution in [0, 0.1) is 12.7 Å². The average molecular weight is 309 g/mol. The van der Waals surface area contributed by atoms with Crippen molar-refractivity contribution >= 4 is 35.1 Å². The average Bonchev–Trinajstić information content (AvgIpc) is 2.81. The summed E-state index contributed by atoms with van der Waals surface area (Å²) in [4.78, 5) is 14.9. The summed E-state index contributed by atoms with van der Waals surface area (Å²) in [5.74, 6) is -0.815. The Labute approximate surface area is 124 Å². The van der Waals surface area contributed by atoms with Crippen LogP contribution in [0.2, 0.25) is 0 Å². The van der Waals surface area contributed by atoms with Gasteiger partial charge in [0.2, 0.25) is 0 Å². The van der Waals surface area contributed by atoms with Gasteiger partial charge in [0, 0.05) is 22.9 Å². The first-order valence-corrected chi connectivity index (χ1v) is 7.65. The van der Waals surface area contributed by atoms with E-state index in [1.54, 1.807) is 29.2 Å². The maximum absolute atomic E-state index is 13.2. The van der Waals surface area contributed by atoms with Gasteiger partial charge < -0.3 is 5.11 Å². The Hall–Kier alpha value is -1.66. The summed E-state index contributed by atoms with van der Waals surface area (Å²) < 4.78 is 14.2. The molecule has 0 saturated carbocycles. The Bertz CT molecular complexity index is 652. The monoisotopic (exact) mass is 309 g/mol. The number of thioether (sulfide) groups is 1. The largest absolute Gasteiger partial charge is 0.478 e. The van der Waals surface area contributed by atoms with Crippen molar-refractivity contribution in [2.75, 3.05) is 0 Å². The van der Waals surface area contributed by atoms with Gasteiger partial charge in [-0.1, -0.05) is 17.8 Å². The van der Waals surface area contributed by atoms with Crippen molar-refractivity contribution in [2.24, 2.45) is 0 Å². The molecule has 104 valence electrons. The van der Waals surface area contributed by atoms with E-state index in [2.05, 4.69) is 4.98 Å². The van der Waals surface area contributed by atoms with Gasteiger partial charge in [0.1, 0.15) is 10.2 Å². The molecule has 0 aliphatic heterocycles. The topological polar surface area (TPSA) is 50.2 Å².